The van der Waals surface area contributed by atoms with Gasteiger partial charge in [0.25, 0.3) is 0 Å². The van der Waals surface area contributed by atoms with Crippen molar-refractivity contribution in [3.05, 3.63) is 35.6 Å². The minimum Gasteiger partial charge on any atom is -0.387 e. The Labute approximate surface area is 76.6 Å². The predicted molar refractivity (Wildman–Crippen MR) is 48.2 cm³/mol. The number of hydrogen-bond donors (Lipinski definition) is 2. The predicted octanol–water partition coefficient (Wildman–Crippen LogP) is 0.665. The molecule has 1 unspecified atom stereocenters. The van der Waals surface area contributed by atoms with Crippen LogP contribution in [0.5, 0.6) is 0 Å². The average Bonchev–Trinajstić information content (AvgIpc) is 2.03. The summed E-state index contributed by atoms with van der Waals surface area (Å²) in [5.74, 6) is 5.00. The first-order chi connectivity index (χ1) is 6.09. The average molecular weight is 184 g/mol. The number of aliphatic hydroxyl groups excluding tert-OH is 1. The summed E-state index contributed by atoms with van der Waals surface area (Å²) in [6.45, 7) is 0.281. The molecule has 4 heteroatoms. The number of nitrogens with two attached hydrogens (primary N) is 1. The number of likely N-dealkylation sites (N-methyl/N-ethyl adjacent to an activating group) is 1. The summed E-state index contributed by atoms with van der Waals surface area (Å²) < 4.78 is 12.7. The van der Waals surface area contributed by atoms with Crippen LogP contribution in [0.4, 0.5) is 4.39 Å². The van der Waals surface area contributed by atoms with Crippen molar-refractivity contribution in [2.24, 2.45) is 5.84 Å². The van der Waals surface area contributed by atoms with Gasteiger partial charge in [0.15, 0.2) is 0 Å². The molecule has 0 saturated heterocycles. The zero-order valence-corrected chi connectivity index (χ0v) is 7.44. The normalized spacial score (nSPS) is 13.3. The minimum absolute atomic E-state index is 0.281. The second kappa shape index (κ2) is 4.32. The lowest BCUT2D eigenvalue weighted by Crippen LogP contribution is -2.30. The number of hydrogen-bond acceptors (Lipinski definition) is 3. The maximum absolute atomic E-state index is 12.7. The van der Waals surface area contributed by atoms with E-state index in [4.69, 9.17) is 5.84 Å². The fourth-order valence-corrected chi connectivity index (χ4v) is 1.09. The number of halogens is 1. The van der Waals surface area contributed by atoms with E-state index in [1.165, 1.54) is 17.1 Å². The standard InChI is InChI=1S/C9H13FN2O/c1-12(11)6-9(13)7-3-2-4-8(10)5-7/h2-5,9,13H,6,11H2,1H3. The Bertz CT molecular complexity index is 278. The zero-order valence-electron chi connectivity index (χ0n) is 7.44. The topological polar surface area (TPSA) is 49.5 Å². The fourth-order valence-electron chi connectivity index (χ4n) is 1.09. The molecule has 0 fully saturated rings. The SMILES string of the molecule is CN(N)CC(O)c1cccc(F)c1. The second-order valence-electron chi connectivity index (χ2n) is 3.01. The molecule has 0 saturated carbocycles. The largest absolute Gasteiger partial charge is 0.387 e. The third-order valence-electron chi connectivity index (χ3n) is 1.69. The summed E-state index contributed by atoms with van der Waals surface area (Å²) >= 11 is 0. The van der Waals surface area contributed by atoms with Gasteiger partial charge in [0.05, 0.1) is 6.10 Å². The van der Waals surface area contributed by atoms with Gasteiger partial charge in [0.2, 0.25) is 0 Å². The van der Waals surface area contributed by atoms with E-state index in [2.05, 4.69) is 0 Å². The molecule has 1 aromatic rings. The molecule has 1 aromatic carbocycles. The number of rotatable bonds is 3. The number of benzene rings is 1. The molecule has 0 amide bonds. The molecule has 0 spiro atoms. The highest BCUT2D eigenvalue weighted by Gasteiger charge is 2.08. The summed E-state index contributed by atoms with van der Waals surface area (Å²) in [4.78, 5) is 0. The highest BCUT2D eigenvalue weighted by atomic mass is 19.1. The summed E-state index contributed by atoms with van der Waals surface area (Å²) in [6.07, 6.45) is -0.745. The van der Waals surface area contributed by atoms with Crippen molar-refractivity contribution in [3.63, 3.8) is 0 Å². The van der Waals surface area contributed by atoms with Crippen LogP contribution in [0.3, 0.4) is 0 Å². The van der Waals surface area contributed by atoms with Crippen LogP contribution in [0.2, 0.25) is 0 Å². The first-order valence-corrected chi connectivity index (χ1v) is 3.99. The van der Waals surface area contributed by atoms with Gasteiger partial charge in [-0.1, -0.05) is 12.1 Å². The van der Waals surface area contributed by atoms with E-state index in [1.54, 1.807) is 19.2 Å². The molecule has 0 radical (unpaired) electrons. The molecule has 1 rings (SSSR count). The first kappa shape index (κ1) is 10.1. The van der Waals surface area contributed by atoms with Crippen LogP contribution in [0.25, 0.3) is 0 Å². The summed E-state index contributed by atoms with van der Waals surface area (Å²) in [5, 5.41) is 10.9. The van der Waals surface area contributed by atoms with E-state index in [-0.39, 0.29) is 12.4 Å². The van der Waals surface area contributed by atoms with Crippen molar-refractivity contribution in [2.75, 3.05) is 13.6 Å². The van der Waals surface area contributed by atoms with E-state index < -0.39 is 6.10 Å². The lowest BCUT2D eigenvalue weighted by atomic mass is 10.1. The Morgan fingerprint density at radius 1 is 1.62 bits per heavy atom. The Kier molecular flexibility index (Phi) is 3.36. The Hall–Kier alpha value is -0.970. The molecule has 72 valence electrons. The van der Waals surface area contributed by atoms with Gasteiger partial charge in [-0.25, -0.2) is 9.40 Å². The first-order valence-electron chi connectivity index (χ1n) is 3.99. The van der Waals surface area contributed by atoms with E-state index in [9.17, 15) is 9.50 Å². The van der Waals surface area contributed by atoms with E-state index in [0.717, 1.165) is 0 Å². The molecule has 0 aromatic heterocycles. The molecule has 0 aliphatic carbocycles. The summed E-state index contributed by atoms with van der Waals surface area (Å²) in [7, 11) is 1.64. The molecule has 1 atom stereocenters. The zero-order chi connectivity index (χ0) is 9.84. The van der Waals surface area contributed by atoms with Crippen LogP contribution in [0, 0.1) is 5.82 Å². The number of aliphatic hydroxyl groups is 1. The molecule has 3 N–H and O–H groups in total. The lowest BCUT2D eigenvalue weighted by molar-refractivity contribution is 0.127. The van der Waals surface area contributed by atoms with Gasteiger partial charge >= 0.3 is 0 Å². The van der Waals surface area contributed by atoms with E-state index >= 15 is 0 Å². The molecule has 3 nitrogen and oxygen atoms in total. The Balaban J connectivity index is 2.71. The van der Waals surface area contributed by atoms with Gasteiger partial charge in [0.1, 0.15) is 5.82 Å². The molecule has 0 heterocycles. The van der Waals surface area contributed by atoms with Gasteiger partial charge in [-0.2, -0.15) is 0 Å². The number of hydrazine groups is 1. The van der Waals surface area contributed by atoms with Crippen LogP contribution in [-0.2, 0) is 0 Å². The van der Waals surface area contributed by atoms with Crippen LogP contribution >= 0.6 is 0 Å². The molecule has 0 aliphatic heterocycles. The van der Waals surface area contributed by atoms with Crippen molar-refractivity contribution in [2.45, 2.75) is 6.10 Å². The van der Waals surface area contributed by atoms with E-state index in [0.29, 0.717) is 5.56 Å². The highest BCUT2D eigenvalue weighted by molar-refractivity contribution is 5.18. The molecule has 0 bridgehead atoms. The van der Waals surface area contributed by atoms with Crippen molar-refractivity contribution in [1.29, 1.82) is 0 Å². The van der Waals surface area contributed by atoms with Gasteiger partial charge in [-0.15, -0.1) is 0 Å². The number of nitrogens with zero attached hydrogens (tertiary/aromatic N) is 1. The third kappa shape index (κ3) is 3.10. The van der Waals surface area contributed by atoms with Crippen molar-refractivity contribution >= 4 is 0 Å². The van der Waals surface area contributed by atoms with E-state index in [1.807, 2.05) is 0 Å². The molecule has 0 aliphatic rings. The van der Waals surface area contributed by atoms with Crippen LogP contribution in [0.1, 0.15) is 11.7 Å². The van der Waals surface area contributed by atoms with Crippen molar-refractivity contribution in [1.82, 2.24) is 5.01 Å². The highest BCUT2D eigenvalue weighted by Crippen LogP contribution is 2.13. The monoisotopic (exact) mass is 184 g/mol. The van der Waals surface area contributed by atoms with Gasteiger partial charge < -0.3 is 5.11 Å². The summed E-state index contributed by atoms with van der Waals surface area (Å²) in [6, 6.07) is 5.86. The second-order valence-corrected chi connectivity index (χ2v) is 3.01. The smallest absolute Gasteiger partial charge is 0.123 e. The maximum atomic E-state index is 12.7. The lowest BCUT2D eigenvalue weighted by Gasteiger charge is -2.15. The van der Waals surface area contributed by atoms with Gasteiger partial charge in [-0.3, -0.25) is 5.84 Å². The van der Waals surface area contributed by atoms with Crippen LogP contribution in [-0.4, -0.2) is 23.7 Å². The fraction of sp³-hybridized carbons (Fsp3) is 0.333. The maximum Gasteiger partial charge on any atom is 0.123 e. The molecule has 13 heavy (non-hydrogen) atoms. The Morgan fingerprint density at radius 3 is 2.85 bits per heavy atom. The third-order valence-corrected chi connectivity index (χ3v) is 1.69. The molecular weight excluding hydrogens is 171 g/mol. The quantitative estimate of drug-likeness (QED) is 0.536. The van der Waals surface area contributed by atoms with Gasteiger partial charge in [-0.05, 0) is 17.7 Å². The van der Waals surface area contributed by atoms with Crippen LogP contribution in [0.15, 0.2) is 24.3 Å². The van der Waals surface area contributed by atoms with Crippen molar-refractivity contribution < 1.29 is 9.50 Å². The Morgan fingerprint density at radius 2 is 2.31 bits per heavy atom. The minimum atomic E-state index is -0.745. The van der Waals surface area contributed by atoms with Crippen molar-refractivity contribution in [3.8, 4) is 0 Å². The van der Waals surface area contributed by atoms with Crippen LogP contribution < -0.4 is 5.84 Å². The summed E-state index contributed by atoms with van der Waals surface area (Å²) in [5.41, 5.74) is 0.539. The van der Waals surface area contributed by atoms with Gasteiger partial charge in [0, 0.05) is 13.6 Å². The molecular formula is C9H13FN2O.